The molecule has 3 N–H and O–H groups in total. The maximum atomic E-state index is 14.3. The van der Waals surface area contributed by atoms with Gasteiger partial charge in [-0.15, -0.1) is 12.4 Å². The van der Waals surface area contributed by atoms with Gasteiger partial charge in [0.05, 0.1) is 0 Å². The largest absolute Gasteiger partial charge is 0.507 e. The molecule has 1 heterocycles. The number of phenolic OH excluding ortho intramolecular Hbond substituents is 1. The number of aryl methyl sites for hydroxylation is 2. The molecule has 0 spiro atoms. The van der Waals surface area contributed by atoms with Crippen molar-refractivity contribution < 1.29 is 19.0 Å². The van der Waals surface area contributed by atoms with E-state index in [0.717, 1.165) is 0 Å². The lowest BCUT2D eigenvalue weighted by molar-refractivity contribution is -0.118. The van der Waals surface area contributed by atoms with E-state index in [1.54, 1.807) is 30.9 Å². The molecular weight excluding hydrogens is 314 g/mol. The van der Waals surface area contributed by atoms with Crippen molar-refractivity contribution in [1.82, 2.24) is 10.2 Å². The molecule has 0 amide bonds. The fraction of sp³-hybridized carbons (Fsp3) is 0.600. The fourth-order valence-corrected chi connectivity index (χ4v) is 2.90. The SMILES string of the molecule is Cc1cc([C@@H](N2CCNCC2)C(F)(F)CO)cc(C)c1O.Cl. The quantitative estimate of drug-likeness (QED) is 0.787. The molecule has 126 valence electrons. The van der Waals surface area contributed by atoms with E-state index in [4.69, 9.17) is 5.11 Å². The smallest absolute Gasteiger partial charge is 0.289 e. The van der Waals surface area contributed by atoms with Gasteiger partial charge in [-0.1, -0.05) is 12.1 Å². The molecule has 2 rings (SSSR count). The van der Waals surface area contributed by atoms with Crippen molar-refractivity contribution in [2.45, 2.75) is 25.8 Å². The van der Waals surface area contributed by atoms with Crippen molar-refractivity contribution in [3.8, 4) is 5.75 Å². The van der Waals surface area contributed by atoms with E-state index in [1.807, 2.05) is 0 Å². The van der Waals surface area contributed by atoms with Crippen LogP contribution in [-0.4, -0.2) is 53.8 Å². The molecule has 0 aromatic heterocycles. The highest BCUT2D eigenvalue weighted by molar-refractivity contribution is 5.85. The Balaban J connectivity index is 0.00000242. The Morgan fingerprint density at radius 1 is 1.23 bits per heavy atom. The van der Waals surface area contributed by atoms with E-state index >= 15 is 0 Å². The molecule has 0 saturated carbocycles. The molecule has 1 aliphatic rings. The first kappa shape index (κ1) is 19.1. The Hall–Kier alpha value is -0.950. The Labute approximate surface area is 135 Å². The highest BCUT2D eigenvalue weighted by Crippen LogP contribution is 2.38. The molecule has 0 unspecified atom stereocenters. The monoisotopic (exact) mass is 336 g/mol. The molecule has 7 heteroatoms. The summed E-state index contributed by atoms with van der Waals surface area (Å²) in [6, 6.07) is 1.99. The average Bonchev–Trinajstić information content (AvgIpc) is 2.46. The van der Waals surface area contributed by atoms with Crippen LogP contribution in [0.3, 0.4) is 0 Å². The van der Waals surface area contributed by atoms with Crippen LogP contribution in [0.5, 0.6) is 5.75 Å². The van der Waals surface area contributed by atoms with Gasteiger partial charge in [0.1, 0.15) is 18.4 Å². The van der Waals surface area contributed by atoms with Crippen molar-refractivity contribution in [2.75, 3.05) is 32.8 Å². The van der Waals surface area contributed by atoms with Gasteiger partial charge in [0, 0.05) is 26.2 Å². The molecule has 1 atom stereocenters. The van der Waals surface area contributed by atoms with E-state index in [9.17, 15) is 13.9 Å². The number of rotatable bonds is 4. The van der Waals surface area contributed by atoms with Crippen LogP contribution >= 0.6 is 12.4 Å². The third-order valence-electron chi connectivity index (χ3n) is 3.96. The summed E-state index contributed by atoms with van der Waals surface area (Å²) in [5.74, 6) is -3.10. The normalized spacial score (nSPS) is 17.9. The summed E-state index contributed by atoms with van der Waals surface area (Å²) in [7, 11) is 0. The molecule has 1 aliphatic heterocycles. The van der Waals surface area contributed by atoms with Crippen molar-refractivity contribution in [1.29, 1.82) is 0 Å². The molecule has 1 saturated heterocycles. The first-order valence-corrected chi connectivity index (χ1v) is 7.10. The fourth-order valence-electron chi connectivity index (χ4n) is 2.90. The number of hydrogen-bond donors (Lipinski definition) is 3. The summed E-state index contributed by atoms with van der Waals surface area (Å²) < 4.78 is 28.6. The minimum absolute atomic E-state index is 0. The third kappa shape index (κ3) is 3.87. The van der Waals surface area contributed by atoms with Gasteiger partial charge in [-0.3, -0.25) is 4.90 Å². The second-order valence-electron chi connectivity index (χ2n) is 5.61. The summed E-state index contributed by atoms with van der Waals surface area (Å²) in [5.41, 5.74) is 1.57. The first-order valence-electron chi connectivity index (χ1n) is 7.10. The Morgan fingerprint density at radius 3 is 2.18 bits per heavy atom. The number of nitrogens with zero attached hydrogens (tertiary/aromatic N) is 1. The van der Waals surface area contributed by atoms with Gasteiger partial charge in [0.25, 0.3) is 5.92 Å². The maximum absolute atomic E-state index is 14.3. The molecule has 0 bridgehead atoms. The molecular formula is C15H23ClF2N2O2. The zero-order valence-electron chi connectivity index (χ0n) is 12.8. The lowest BCUT2D eigenvalue weighted by Crippen LogP contribution is -2.51. The zero-order chi connectivity index (χ0) is 15.6. The first-order chi connectivity index (χ1) is 9.86. The van der Waals surface area contributed by atoms with Crippen LogP contribution in [0, 0.1) is 13.8 Å². The third-order valence-corrected chi connectivity index (χ3v) is 3.96. The van der Waals surface area contributed by atoms with Crippen LogP contribution in [-0.2, 0) is 0 Å². The summed E-state index contributed by atoms with van der Waals surface area (Å²) in [6.07, 6.45) is 0. The van der Waals surface area contributed by atoms with E-state index in [1.165, 1.54) is 0 Å². The summed E-state index contributed by atoms with van der Waals surface area (Å²) in [6.45, 7) is 4.48. The second kappa shape index (κ2) is 7.55. The predicted octanol–water partition coefficient (Wildman–Crippen LogP) is 2.00. The van der Waals surface area contributed by atoms with Crippen LogP contribution in [0.25, 0.3) is 0 Å². The maximum Gasteiger partial charge on any atom is 0.289 e. The summed E-state index contributed by atoms with van der Waals surface area (Å²) in [4.78, 5) is 1.69. The number of aliphatic hydroxyl groups excluding tert-OH is 1. The van der Waals surface area contributed by atoms with Crippen LogP contribution in [0.2, 0.25) is 0 Å². The number of nitrogens with one attached hydrogen (secondary N) is 1. The van der Waals surface area contributed by atoms with E-state index < -0.39 is 18.6 Å². The second-order valence-corrected chi connectivity index (χ2v) is 5.61. The van der Waals surface area contributed by atoms with Crippen LogP contribution in [0.1, 0.15) is 22.7 Å². The summed E-state index contributed by atoms with van der Waals surface area (Å²) >= 11 is 0. The van der Waals surface area contributed by atoms with E-state index in [-0.39, 0.29) is 18.2 Å². The molecule has 1 aromatic rings. The average molecular weight is 337 g/mol. The Bertz CT molecular complexity index is 485. The van der Waals surface area contributed by atoms with E-state index in [2.05, 4.69) is 5.32 Å². The van der Waals surface area contributed by atoms with Crippen LogP contribution in [0.15, 0.2) is 12.1 Å². The molecule has 1 aromatic carbocycles. The van der Waals surface area contributed by atoms with Gasteiger partial charge < -0.3 is 15.5 Å². The molecule has 0 aliphatic carbocycles. The highest BCUT2D eigenvalue weighted by atomic mass is 35.5. The van der Waals surface area contributed by atoms with Crippen LogP contribution < -0.4 is 5.32 Å². The zero-order valence-corrected chi connectivity index (χ0v) is 13.6. The number of hydrogen-bond acceptors (Lipinski definition) is 4. The Morgan fingerprint density at radius 2 is 1.73 bits per heavy atom. The number of piperazine rings is 1. The molecule has 4 nitrogen and oxygen atoms in total. The minimum Gasteiger partial charge on any atom is -0.507 e. The highest BCUT2D eigenvalue weighted by Gasteiger charge is 2.44. The van der Waals surface area contributed by atoms with Crippen molar-refractivity contribution in [3.05, 3.63) is 28.8 Å². The van der Waals surface area contributed by atoms with E-state index in [0.29, 0.717) is 42.9 Å². The number of aromatic hydroxyl groups is 1. The van der Waals surface area contributed by atoms with Gasteiger partial charge in [-0.25, -0.2) is 8.78 Å². The van der Waals surface area contributed by atoms with Crippen molar-refractivity contribution in [2.24, 2.45) is 0 Å². The minimum atomic E-state index is -3.23. The van der Waals surface area contributed by atoms with Gasteiger partial charge in [0.15, 0.2) is 0 Å². The van der Waals surface area contributed by atoms with Gasteiger partial charge in [0.2, 0.25) is 0 Å². The van der Waals surface area contributed by atoms with Gasteiger partial charge in [-0.05, 0) is 30.5 Å². The lowest BCUT2D eigenvalue weighted by Gasteiger charge is -2.39. The Kier molecular flexibility index (Phi) is 6.55. The number of alkyl halides is 2. The standard InChI is InChI=1S/C15H22F2N2O2.ClH/c1-10-7-12(8-11(2)13(10)21)14(15(16,17)9-20)19-5-3-18-4-6-19;/h7-8,14,18,20-21H,3-6,9H2,1-2H3;1H/t14-;/m1./s1. The topological polar surface area (TPSA) is 55.7 Å². The van der Waals surface area contributed by atoms with Gasteiger partial charge in [-0.2, -0.15) is 0 Å². The van der Waals surface area contributed by atoms with Gasteiger partial charge >= 0.3 is 0 Å². The van der Waals surface area contributed by atoms with Crippen molar-refractivity contribution in [3.63, 3.8) is 0 Å². The lowest BCUT2D eigenvalue weighted by atomic mass is 9.94. The van der Waals surface area contributed by atoms with Crippen LogP contribution in [0.4, 0.5) is 8.78 Å². The molecule has 0 radical (unpaired) electrons. The molecule has 22 heavy (non-hydrogen) atoms. The number of halogens is 3. The molecule has 1 fully saturated rings. The number of aliphatic hydroxyl groups is 1. The number of benzene rings is 1. The summed E-state index contributed by atoms with van der Waals surface area (Å²) in [5, 5.41) is 22.1. The number of phenols is 1. The van der Waals surface area contributed by atoms with Crippen molar-refractivity contribution >= 4 is 12.4 Å². The predicted molar refractivity (Wildman–Crippen MR) is 84.0 cm³/mol.